The van der Waals surface area contributed by atoms with E-state index < -0.39 is 0 Å². The van der Waals surface area contributed by atoms with E-state index in [1.807, 2.05) is 32.9 Å². The summed E-state index contributed by atoms with van der Waals surface area (Å²) in [5.74, 6) is 1.87. The zero-order valence-corrected chi connectivity index (χ0v) is 11.3. The van der Waals surface area contributed by atoms with Gasteiger partial charge in [-0.05, 0) is 31.9 Å². The molecule has 1 aromatic rings. The largest absolute Gasteiger partial charge is 0.488 e. The highest BCUT2D eigenvalue weighted by Crippen LogP contribution is 2.36. The Bertz CT molecular complexity index is 441. The molecule has 1 aliphatic carbocycles. The summed E-state index contributed by atoms with van der Waals surface area (Å²) < 4.78 is 5.50. The molecule has 4 nitrogen and oxygen atoms in total. The average Bonchev–Trinajstić information content (AvgIpc) is 3.24. The molecule has 1 aromatic heterocycles. The predicted octanol–water partition coefficient (Wildman–Crippen LogP) is 2.55. The van der Waals surface area contributed by atoms with Gasteiger partial charge in [-0.3, -0.25) is 9.69 Å². The molecule has 18 heavy (non-hydrogen) atoms. The molecule has 0 bridgehead atoms. The number of amides is 1. The van der Waals surface area contributed by atoms with E-state index in [9.17, 15) is 4.79 Å². The molecule has 0 atom stereocenters. The van der Waals surface area contributed by atoms with Gasteiger partial charge in [-0.25, -0.2) is 4.98 Å². The number of aryl methyl sites for hydroxylation is 1. The maximum absolute atomic E-state index is 12.1. The van der Waals surface area contributed by atoms with Gasteiger partial charge in [-0.2, -0.15) is 0 Å². The lowest BCUT2D eigenvalue weighted by molar-refractivity contribution is -0.120. The molecule has 0 spiro atoms. The Kier molecular flexibility index (Phi) is 3.84. The zero-order chi connectivity index (χ0) is 13.1. The van der Waals surface area contributed by atoms with Crippen LogP contribution in [-0.2, 0) is 4.79 Å². The van der Waals surface area contributed by atoms with Crippen molar-refractivity contribution in [2.45, 2.75) is 33.6 Å². The van der Waals surface area contributed by atoms with E-state index in [0.717, 1.165) is 24.3 Å². The first-order valence-electron chi connectivity index (χ1n) is 6.67. The maximum atomic E-state index is 12.1. The summed E-state index contributed by atoms with van der Waals surface area (Å²) in [4.78, 5) is 18.3. The summed E-state index contributed by atoms with van der Waals surface area (Å²) in [5, 5.41) is 0. The molecular formula is C14H20N2O2. The number of anilines is 1. The number of hydrogen-bond donors (Lipinski definition) is 0. The van der Waals surface area contributed by atoms with Crippen LogP contribution in [0.5, 0.6) is 5.75 Å². The van der Waals surface area contributed by atoms with Crippen LogP contribution in [0.1, 0.15) is 32.4 Å². The summed E-state index contributed by atoms with van der Waals surface area (Å²) in [7, 11) is 0. The van der Waals surface area contributed by atoms with Crippen LogP contribution in [-0.4, -0.2) is 24.0 Å². The minimum absolute atomic E-state index is 0.211. The number of aromatic nitrogens is 1. The van der Waals surface area contributed by atoms with E-state index in [4.69, 9.17) is 4.74 Å². The Balaban J connectivity index is 0.000000574. The van der Waals surface area contributed by atoms with Crippen molar-refractivity contribution in [1.29, 1.82) is 0 Å². The van der Waals surface area contributed by atoms with Crippen LogP contribution in [0.4, 0.5) is 5.82 Å². The van der Waals surface area contributed by atoms with Gasteiger partial charge in [0.2, 0.25) is 5.91 Å². The molecular weight excluding hydrogens is 228 g/mol. The minimum Gasteiger partial charge on any atom is -0.488 e. The van der Waals surface area contributed by atoms with Crippen LogP contribution in [0.15, 0.2) is 12.1 Å². The summed E-state index contributed by atoms with van der Waals surface area (Å²) in [6.07, 6.45) is 2.05. The van der Waals surface area contributed by atoms with Crippen molar-refractivity contribution in [3.05, 3.63) is 17.8 Å². The molecule has 1 fully saturated rings. The van der Waals surface area contributed by atoms with Crippen molar-refractivity contribution in [2.75, 3.05) is 18.1 Å². The van der Waals surface area contributed by atoms with Crippen molar-refractivity contribution >= 4 is 11.7 Å². The SMILES string of the molecule is CC.Cc1ccc2c(n1)N(C(=O)C1CC1)CCO2. The second kappa shape index (κ2) is 5.38. The Labute approximate surface area is 108 Å². The first-order chi connectivity index (χ1) is 8.75. The van der Waals surface area contributed by atoms with E-state index in [2.05, 4.69) is 4.98 Å². The number of ether oxygens (including phenoxy) is 1. The molecule has 4 heteroatoms. The normalized spacial score (nSPS) is 17.2. The molecule has 2 heterocycles. The van der Waals surface area contributed by atoms with Gasteiger partial charge >= 0.3 is 0 Å². The summed E-state index contributed by atoms with van der Waals surface area (Å²) >= 11 is 0. The van der Waals surface area contributed by atoms with E-state index in [1.54, 1.807) is 4.90 Å². The van der Waals surface area contributed by atoms with Gasteiger partial charge in [-0.1, -0.05) is 13.8 Å². The van der Waals surface area contributed by atoms with E-state index in [-0.39, 0.29) is 11.8 Å². The number of nitrogens with zero attached hydrogens (tertiary/aromatic N) is 2. The molecule has 1 saturated carbocycles. The number of carbonyl (C=O) groups excluding carboxylic acids is 1. The molecule has 98 valence electrons. The molecule has 0 unspecified atom stereocenters. The van der Waals surface area contributed by atoms with Gasteiger partial charge in [0.1, 0.15) is 6.61 Å². The average molecular weight is 248 g/mol. The first-order valence-corrected chi connectivity index (χ1v) is 6.67. The standard InChI is InChI=1S/C12H14N2O2.C2H6/c1-8-2-5-10-11(13-8)14(6-7-16-10)12(15)9-3-4-9;1-2/h2,5,9H,3-4,6-7H2,1H3;1-2H3. The van der Waals surface area contributed by atoms with Crippen LogP contribution < -0.4 is 9.64 Å². The van der Waals surface area contributed by atoms with Crippen molar-refractivity contribution in [3.63, 3.8) is 0 Å². The van der Waals surface area contributed by atoms with Crippen molar-refractivity contribution in [2.24, 2.45) is 5.92 Å². The van der Waals surface area contributed by atoms with Gasteiger partial charge < -0.3 is 4.74 Å². The highest BCUT2D eigenvalue weighted by Gasteiger charge is 2.36. The number of rotatable bonds is 1. The van der Waals surface area contributed by atoms with Crippen LogP contribution in [0, 0.1) is 12.8 Å². The lowest BCUT2D eigenvalue weighted by atomic mass is 10.2. The van der Waals surface area contributed by atoms with Crippen molar-refractivity contribution < 1.29 is 9.53 Å². The maximum Gasteiger partial charge on any atom is 0.231 e. The van der Waals surface area contributed by atoms with Crippen molar-refractivity contribution in [1.82, 2.24) is 4.98 Å². The topological polar surface area (TPSA) is 42.4 Å². The molecule has 0 N–H and O–H groups in total. The highest BCUT2D eigenvalue weighted by molar-refractivity contribution is 5.97. The number of fused-ring (bicyclic) bond motifs is 1. The fourth-order valence-corrected chi connectivity index (χ4v) is 1.95. The molecule has 1 aliphatic heterocycles. The Morgan fingerprint density at radius 2 is 2.11 bits per heavy atom. The molecule has 2 aliphatic rings. The van der Waals surface area contributed by atoms with Gasteiger partial charge in [0.25, 0.3) is 0 Å². The smallest absolute Gasteiger partial charge is 0.231 e. The second-order valence-electron chi connectivity index (χ2n) is 4.39. The first kappa shape index (κ1) is 12.9. The fraction of sp³-hybridized carbons (Fsp3) is 0.571. The molecule has 1 amide bonds. The summed E-state index contributed by atoms with van der Waals surface area (Å²) in [5.41, 5.74) is 0.915. The highest BCUT2D eigenvalue weighted by atomic mass is 16.5. The van der Waals surface area contributed by atoms with E-state index in [1.165, 1.54) is 0 Å². The van der Waals surface area contributed by atoms with Gasteiger partial charge in [0.15, 0.2) is 11.6 Å². The Hall–Kier alpha value is -1.58. The minimum atomic E-state index is 0.211. The van der Waals surface area contributed by atoms with E-state index in [0.29, 0.717) is 19.0 Å². The monoisotopic (exact) mass is 248 g/mol. The summed E-state index contributed by atoms with van der Waals surface area (Å²) in [6.45, 7) is 7.11. The fourth-order valence-electron chi connectivity index (χ4n) is 1.95. The Morgan fingerprint density at radius 1 is 1.39 bits per heavy atom. The third kappa shape index (κ3) is 2.47. The quantitative estimate of drug-likeness (QED) is 0.767. The number of carbonyl (C=O) groups is 1. The number of hydrogen-bond acceptors (Lipinski definition) is 3. The van der Waals surface area contributed by atoms with Gasteiger partial charge in [-0.15, -0.1) is 0 Å². The van der Waals surface area contributed by atoms with Gasteiger partial charge in [0.05, 0.1) is 6.54 Å². The summed E-state index contributed by atoms with van der Waals surface area (Å²) in [6, 6.07) is 3.80. The van der Waals surface area contributed by atoms with Crippen LogP contribution in [0.2, 0.25) is 0 Å². The van der Waals surface area contributed by atoms with Crippen molar-refractivity contribution in [3.8, 4) is 5.75 Å². The van der Waals surface area contributed by atoms with E-state index >= 15 is 0 Å². The van der Waals surface area contributed by atoms with Crippen LogP contribution in [0.3, 0.4) is 0 Å². The third-order valence-corrected chi connectivity index (χ3v) is 3.00. The number of pyridine rings is 1. The molecule has 3 rings (SSSR count). The Morgan fingerprint density at radius 3 is 2.78 bits per heavy atom. The predicted molar refractivity (Wildman–Crippen MR) is 70.9 cm³/mol. The zero-order valence-electron chi connectivity index (χ0n) is 11.3. The third-order valence-electron chi connectivity index (χ3n) is 3.00. The lowest BCUT2D eigenvalue weighted by Gasteiger charge is -2.28. The van der Waals surface area contributed by atoms with Crippen LogP contribution >= 0.6 is 0 Å². The second-order valence-corrected chi connectivity index (χ2v) is 4.39. The lowest BCUT2D eigenvalue weighted by Crippen LogP contribution is -2.39. The van der Waals surface area contributed by atoms with Gasteiger partial charge in [0, 0.05) is 11.6 Å². The molecule has 0 radical (unpaired) electrons. The molecule has 0 saturated heterocycles. The molecule has 0 aromatic carbocycles. The van der Waals surface area contributed by atoms with Crippen LogP contribution in [0.25, 0.3) is 0 Å².